The van der Waals surface area contributed by atoms with Crippen LogP contribution in [0.4, 0.5) is 5.82 Å². The van der Waals surface area contributed by atoms with Gasteiger partial charge in [-0.15, -0.1) is 11.3 Å². The van der Waals surface area contributed by atoms with Crippen LogP contribution in [0.1, 0.15) is 5.56 Å². The molecule has 0 saturated heterocycles. The number of fused-ring (bicyclic) bond motifs is 2. The van der Waals surface area contributed by atoms with Crippen LogP contribution < -0.4 is 5.32 Å². The van der Waals surface area contributed by atoms with Gasteiger partial charge in [-0.2, -0.15) is 0 Å². The van der Waals surface area contributed by atoms with Gasteiger partial charge < -0.3 is 10.3 Å². The van der Waals surface area contributed by atoms with Crippen molar-refractivity contribution in [3.05, 3.63) is 66.1 Å². The summed E-state index contributed by atoms with van der Waals surface area (Å²) in [5.74, 6) is 1.43. The summed E-state index contributed by atoms with van der Waals surface area (Å²) in [4.78, 5) is 22.1. The van der Waals surface area contributed by atoms with Crippen LogP contribution in [0.15, 0.2) is 60.5 Å². The molecule has 5 rings (SSSR count). The van der Waals surface area contributed by atoms with Gasteiger partial charge in [-0.3, -0.25) is 4.98 Å². The third-order valence-corrected chi connectivity index (χ3v) is 5.20. The van der Waals surface area contributed by atoms with E-state index in [-0.39, 0.29) is 0 Å². The van der Waals surface area contributed by atoms with Crippen molar-refractivity contribution < 1.29 is 0 Å². The number of para-hydroxylation sites is 1. The Balaban J connectivity index is 1.42. The van der Waals surface area contributed by atoms with Crippen molar-refractivity contribution in [3.63, 3.8) is 0 Å². The van der Waals surface area contributed by atoms with Gasteiger partial charge in [-0.1, -0.05) is 18.2 Å². The summed E-state index contributed by atoms with van der Waals surface area (Å²) in [5, 5.41) is 4.71. The van der Waals surface area contributed by atoms with Gasteiger partial charge in [0.15, 0.2) is 11.6 Å². The van der Waals surface area contributed by atoms with Crippen LogP contribution >= 0.6 is 11.3 Å². The second-order valence-corrected chi connectivity index (χ2v) is 7.01. The number of nitrogens with one attached hydrogen (secondary N) is 2. The summed E-state index contributed by atoms with van der Waals surface area (Å²) in [6.45, 7) is 0.762. The average Bonchev–Trinajstić information content (AvgIpc) is 3.36. The number of pyridine rings is 1. The summed E-state index contributed by atoms with van der Waals surface area (Å²) in [7, 11) is 0. The lowest BCUT2D eigenvalue weighted by atomic mass is 10.1. The molecule has 0 saturated carbocycles. The highest BCUT2D eigenvalue weighted by Gasteiger charge is 2.12. The van der Waals surface area contributed by atoms with E-state index < -0.39 is 0 Å². The van der Waals surface area contributed by atoms with E-state index in [0.29, 0.717) is 5.82 Å². The average molecular weight is 372 g/mol. The number of H-pyrrole nitrogens is 1. The van der Waals surface area contributed by atoms with Gasteiger partial charge >= 0.3 is 0 Å². The molecule has 0 atom stereocenters. The van der Waals surface area contributed by atoms with E-state index in [9.17, 15) is 0 Å². The lowest BCUT2D eigenvalue weighted by Crippen LogP contribution is -2.08. The Kier molecular flexibility index (Phi) is 3.99. The first-order valence-corrected chi connectivity index (χ1v) is 9.57. The number of hydrogen-bond acceptors (Lipinski definition) is 6. The molecule has 0 bridgehead atoms. The molecule has 4 aromatic heterocycles. The predicted octanol–water partition coefficient (Wildman–Crippen LogP) is 4.28. The topological polar surface area (TPSA) is 79.4 Å². The molecular weight excluding hydrogens is 356 g/mol. The number of aromatic nitrogens is 5. The monoisotopic (exact) mass is 372 g/mol. The fraction of sp³-hybridized carbons (Fsp3) is 0.100. The van der Waals surface area contributed by atoms with Gasteiger partial charge in [0.05, 0.1) is 5.51 Å². The van der Waals surface area contributed by atoms with Gasteiger partial charge in [-0.25, -0.2) is 15.0 Å². The minimum absolute atomic E-state index is 0.662. The number of hydrogen-bond donors (Lipinski definition) is 2. The Morgan fingerprint density at radius 1 is 1.07 bits per heavy atom. The lowest BCUT2D eigenvalue weighted by Gasteiger charge is -2.08. The maximum atomic E-state index is 4.70. The first-order chi connectivity index (χ1) is 13.4. The second-order valence-electron chi connectivity index (χ2n) is 6.18. The molecule has 5 aromatic rings. The Morgan fingerprint density at radius 3 is 2.96 bits per heavy atom. The number of nitrogens with zero attached hydrogens (tertiary/aromatic N) is 4. The molecule has 0 amide bonds. The molecule has 2 N–H and O–H groups in total. The van der Waals surface area contributed by atoms with Crippen LogP contribution in [0.25, 0.3) is 32.6 Å². The van der Waals surface area contributed by atoms with Gasteiger partial charge in [0, 0.05) is 41.6 Å². The first kappa shape index (κ1) is 15.9. The van der Waals surface area contributed by atoms with Crippen molar-refractivity contribution in [1.82, 2.24) is 24.9 Å². The van der Waals surface area contributed by atoms with Crippen molar-refractivity contribution in [2.24, 2.45) is 0 Å². The number of aromatic amines is 1. The standard InChI is InChI=1S/C20H16N6S/c1-2-6-16-15(5-1)13(11-23-16)7-9-22-19-17-20(27-12-24-17)26-18(25-19)14-4-3-8-21-10-14/h1-6,8,10-12,23H,7,9H2,(H,22,25,26). The van der Waals surface area contributed by atoms with Crippen molar-refractivity contribution in [3.8, 4) is 11.4 Å². The zero-order valence-corrected chi connectivity index (χ0v) is 15.2. The molecule has 132 valence electrons. The van der Waals surface area contributed by atoms with E-state index in [0.717, 1.165) is 40.2 Å². The summed E-state index contributed by atoms with van der Waals surface area (Å²) in [6.07, 6.45) is 6.49. The molecule has 0 radical (unpaired) electrons. The molecule has 1 aromatic carbocycles. The van der Waals surface area contributed by atoms with E-state index in [1.54, 1.807) is 17.9 Å². The van der Waals surface area contributed by atoms with Gasteiger partial charge in [0.25, 0.3) is 0 Å². The normalized spacial score (nSPS) is 11.3. The van der Waals surface area contributed by atoms with E-state index in [2.05, 4.69) is 49.6 Å². The third-order valence-electron chi connectivity index (χ3n) is 4.48. The van der Waals surface area contributed by atoms with Crippen molar-refractivity contribution in [2.75, 3.05) is 11.9 Å². The van der Waals surface area contributed by atoms with Gasteiger partial charge in [-0.05, 0) is 30.2 Å². The summed E-state index contributed by atoms with van der Waals surface area (Å²) >= 11 is 1.52. The molecule has 0 aliphatic carbocycles. The van der Waals surface area contributed by atoms with Crippen molar-refractivity contribution in [1.29, 1.82) is 0 Å². The number of benzene rings is 1. The fourth-order valence-corrected chi connectivity index (χ4v) is 3.82. The molecule has 7 heteroatoms. The van der Waals surface area contributed by atoms with Crippen LogP contribution in [-0.4, -0.2) is 31.5 Å². The summed E-state index contributed by atoms with van der Waals surface area (Å²) in [6, 6.07) is 12.2. The van der Waals surface area contributed by atoms with Crippen LogP contribution in [0.3, 0.4) is 0 Å². The SMILES string of the molecule is c1cncc(-c2nc(NCCc3c[nH]c4ccccc34)c3ncsc3n2)c1. The summed E-state index contributed by atoms with van der Waals surface area (Å²) < 4.78 is 0. The zero-order valence-electron chi connectivity index (χ0n) is 14.4. The van der Waals surface area contributed by atoms with Crippen LogP contribution in [0.5, 0.6) is 0 Å². The number of anilines is 1. The van der Waals surface area contributed by atoms with E-state index in [1.807, 2.05) is 18.2 Å². The number of thiazole rings is 1. The zero-order chi connectivity index (χ0) is 18.1. The Hall–Kier alpha value is -3.32. The molecule has 6 nitrogen and oxygen atoms in total. The van der Waals surface area contributed by atoms with Crippen LogP contribution in [0, 0.1) is 0 Å². The van der Waals surface area contributed by atoms with Gasteiger partial charge in [0.2, 0.25) is 0 Å². The van der Waals surface area contributed by atoms with Crippen molar-refractivity contribution >= 4 is 38.4 Å². The lowest BCUT2D eigenvalue weighted by molar-refractivity contribution is 1.01. The van der Waals surface area contributed by atoms with Crippen LogP contribution in [0.2, 0.25) is 0 Å². The van der Waals surface area contributed by atoms with E-state index in [4.69, 9.17) is 4.98 Å². The third kappa shape index (κ3) is 3.02. The molecule has 0 fully saturated rings. The minimum atomic E-state index is 0.662. The quantitative estimate of drug-likeness (QED) is 0.481. The molecular formula is C20H16N6S. The molecule has 0 aliphatic heterocycles. The maximum absolute atomic E-state index is 4.70. The number of rotatable bonds is 5. The smallest absolute Gasteiger partial charge is 0.164 e. The Morgan fingerprint density at radius 2 is 2.04 bits per heavy atom. The fourth-order valence-electron chi connectivity index (χ4n) is 3.16. The minimum Gasteiger partial charge on any atom is -0.368 e. The highest BCUT2D eigenvalue weighted by molar-refractivity contribution is 7.16. The molecule has 0 unspecified atom stereocenters. The highest BCUT2D eigenvalue weighted by atomic mass is 32.1. The molecule has 27 heavy (non-hydrogen) atoms. The van der Waals surface area contributed by atoms with Gasteiger partial charge in [0.1, 0.15) is 10.3 Å². The Labute approximate surface area is 159 Å². The predicted molar refractivity (Wildman–Crippen MR) is 109 cm³/mol. The van der Waals surface area contributed by atoms with E-state index in [1.165, 1.54) is 22.3 Å². The maximum Gasteiger partial charge on any atom is 0.164 e. The van der Waals surface area contributed by atoms with Crippen LogP contribution in [-0.2, 0) is 6.42 Å². The first-order valence-electron chi connectivity index (χ1n) is 8.69. The van der Waals surface area contributed by atoms with Crippen molar-refractivity contribution in [2.45, 2.75) is 6.42 Å². The molecule has 0 aliphatic rings. The molecule has 4 heterocycles. The summed E-state index contributed by atoms with van der Waals surface area (Å²) in [5.41, 5.74) is 5.96. The largest absolute Gasteiger partial charge is 0.368 e. The Bertz CT molecular complexity index is 1210. The van der Waals surface area contributed by atoms with E-state index >= 15 is 0 Å². The second kappa shape index (κ2) is 6.77. The highest BCUT2D eigenvalue weighted by Crippen LogP contribution is 2.26. The molecule has 0 spiro atoms.